The van der Waals surface area contributed by atoms with Crippen molar-refractivity contribution in [2.24, 2.45) is 17.0 Å². The lowest BCUT2D eigenvalue weighted by Crippen LogP contribution is -2.35. The number of piperidine rings is 1. The second-order valence-corrected chi connectivity index (χ2v) is 9.63. The van der Waals surface area contributed by atoms with E-state index in [1.165, 1.54) is 5.56 Å². The van der Waals surface area contributed by atoms with Crippen LogP contribution < -0.4 is 0 Å². The number of benzene rings is 1. The van der Waals surface area contributed by atoms with Crippen molar-refractivity contribution in [2.75, 3.05) is 19.7 Å². The first-order chi connectivity index (χ1) is 17.0. The van der Waals surface area contributed by atoms with Crippen LogP contribution in [0.2, 0.25) is 5.02 Å². The summed E-state index contributed by atoms with van der Waals surface area (Å²) in [5, 5.41) is 5.11. The normalized spacial score (nSPS) is 15.0. The molecule has 0 bridgehead atoms. The highest BCUT2D eigenvalue weighted by Crippen LogP contribution is 2.22. The van der Waals surface area contributed by atoms with E-state index in [9.17, 15) is 4.79 Å². The van der Waals surface area contributed by atoms with Gasteiger partial charge in [0.15, 0.2) is 0 Å². The van der Waals surface area contributed by atoms with Crippen LogP contribution in [0.3, 0.4) is 0 Å². The molecule has 2 heterocycles. The summed E-state index contributed by atoms with van der Waals surface area (Å²) in [5.41, 5.74) is 3.48. The van der Waals surface area contributed by atoms with Gasteiger partial charge in [0.1, 0.15) is 12.4 Å². The lowest BCUT2D eigenvalue weighted by Gasteiger charge is -2.30. The highest BCUT2D eigenvalue weighted by atomic mass is 35.5. The summed E-state index contributed by atoms with van der Waals surface area (Å²) in [4.78, 5) is 23.0. The Hall–Kier alpha value is -2.24. The van der Waals surface area contributed by atoms with Crippen molar-refractivity contribution >= 4 is 23.1 Å². The first-order valence-corrected chi connectivity index (χ1v) is 13.4. The van der Waals surface area contributed by atoms with Gasteiger partial charge in [-0.1, -0.05) is 55.6 Å². The lowest BCUT2D eigenvalue weighted by molar-refractivity contribution is -0.122. The molecular formula is C29H42ClN3O2. The molecule has 2 aromatic rings. The number of oxime groups is 1. The Kier molecular flexibility index (Phi) is 13.6. The highest BCUT2D eigenvalue weighted by Gasteiger charge is 2.22. The molecule has 192 valence electrons. The van der Waals surface area contributed by atoms with Crippen LogP contribution >= 0.6 is 11.6 Å². The maximum Gasteiger partial charge on any atom is 0.133 e. The van der Waals surface area contributed by atoms with E-state index in [-0.39, 0.29) is 0 Å². The molecule has 0 aliphatic carbocycles. The van der Waals surface area contributed by atoms with E-state index in [1.54, 1.807) is 6.92 Å². The molecule has 6 heteroatoms. The summed E-state index contributed by atoms with van der Waals surface area (Å²) in [6.07, 6.45) is 10.3. The van der Waals surface area contributed by atoms with Crippen molar-refractivity contribution in [2.45, 2.75) is 72.8 Å². The Bertz CT molecular complexity index is 873. The molecule has 0 amide bonds. The average Bonchev–Trinajstić information content (AvgIpc) is 2.87. The summed E-state index contributed by atoms with van der Waals surface area (Å²) in [5.74, 6) is 1.11. The van der Waals surface area contributed by atoms with Crippen molar-refractivity contribution in [3.8, 4) is 0 Å². The van der Waals surface area contributed by atoms with Crippen molar-refractivity contribution in [1.82, 2.24) is 9.88 Å². The van der Waals surface area contributed by atoms with Crippen LogP contribution in [0.25, 0.3) is 0 Å². The third-order valence-electron chi connectivity index (χ3n) is 6.41. The molecular weight excluding hydrogens is 458 g/mol. The van der Waals surface area contributed by atoms with Crippen molar-refractivity contribution in [1.29, 1.82) is 0 Å². The summed E-state index contributed by atoms with van der Waals surface area (Å²) in [6.45, 7) is 11.7. The molecule has 1 aliphatic heterocycles. The molecule has 0 unspecified atom stereocenters. The van der Waals surface area contributed by atoms with E-state index in [1.807, 2.05) is 43.6 Å². The number of carbonyl (C=O) groups excluding carboxylic acids is 1. The van der Waals surface area contributed by atoms with Gasteiger partial charge in [0.25, 0.3) is 0 Å². The molecule has 1 aromatic carbocycles. The smallest absolute Gasteiger partial charge is 0.133 e. The minimum Gasteiger partial charge on any atom is -0.396 e. The fraction of sp³-hybridized carbons (Fsp3) is 0.552. The third kappa shape index (κ3) is 10.5. The number of aromatic nitrogens is 1. The molecule has 0 saturated carbocycles. The van der Waals surface area contributed by atoms with Gasteiger partial charge in [0, 0.05) is 35.8 Å². The van der Waals surface area contributed by atoms with Gasteiger partial charge in [-0.05, 0) is 88.0 Å². The molecule has 0 N–H and O–H groups in total. The highest BCUT2D eigenvalue weighted by molar-refractivity contribution is 6.30. The maximum atomic E-state index is 11.2. The zero-order chi connectivity index (χ0) is 25.5. The number of likely N-dealkylation sites (tertiary alicyclic amines) is 1. The van der Waals surface area contributed by atoms with Crippen molar-refractivity contribution in [3.63, 3.8) is 0 Å². The number of nitrogens with zero attached hydrogens (tertiary/aromatic N) is 3. The number of ketones is 1. The van der Waals surface area contributed by atoms with Crippen LogP contribution in [-0.4, -0.2) is 41.1 Å². The van der Waals surface area contributed by atoms with Crippen LogP contribution in [0.15, 0.2) is 53.9 Å². The van der Waals surface area contributed by atoms with E-state index in [0.717, 1.165) is 74.5 Å². The predicted molar refractivity (Wildman–Crippen MR) is 146 cm³/mol. The first kappa shape index (κ1) is 29.0. The Morgan fingerprint density at radius 3 is 2.17 bits per heavy atom. The van der Waals surface area contributed by atoms with Crippen LogP contribution in [0.5, 0.6) is 0 Å². The minimum atomic E-state index is 0.300. The summed E-state index contributed by atoms with van der Waals surface area (Å²) in [7, 11) is 0. The molecule has 0 spiro atoms. The fourth-order valence-electron chi connectivity index (χ4n) is 4.48. The monoisotopic (exact) mass is 499 g/mol. The summed E-state index contributed by atoms with van der Waals surface area (Å²) >= 11 is 5.95. The van der Waals surface area contributed by atoms with Crippen LogP contribution in [-0.2, 0) is 16.2 Å². The maximum absolute atomic E-state index is 11.2. The van der Waals surface area contributed by atoms with E-state index in [4.69, 9.17) is 16.4 Å². The molecule has 3 rings (SSSR count). The molecule has 35 heavy (non-hydrogen) atoms. The predicted octanol–water partition coefficient (Wildman–Crippen LogP) is 7.18. The number of halogens is 1. The Labute approximate surface area is 216 Å². The van der Waals surface area contributed by atoms with E-state index >= 15 is 0 Å². The van der Waals surface area contributed by atoms with Gasteiger partial charge < -0.3 is 4.84 Å². The topological polar surface area (TPSA) is 54.8 Å². The number of hydrogen-bond donors (Lipinski definition) is 0. The summed E-state index contributed by atoms with van der Waals surface area (Å²) < 4.78 is 0. The number of Topliss-reactive ketones (excluding diaryl/α,β-unsaturated/α-hetero) is 1. The zero-order valence-electron chi connectivity index (χ0n) is 21.9. The molecule has 5 nitrogen and oxygen atoms in total. The number of hydrogen-bond acceptors (Lipinski definition) is 5. The van der Waals surface area contributed by atoms with Gasteiger partial charge in [0.2, 0.25) is 0 Å². The number of rotatable bonds is 11. The van der Waals surface area contributed by atoms with Crippen LogP contribution in [0.1, 0.15) is 77.3 Å². The zero-order valence-corrected chi connectivity index (χ0v) is 22.6. The SMILES string of the molecule is CC(=O)C1CCN(Cc2ccncc2)CC1.CCCC(CCC)/C(=N/OCC)c1ccc(Cl)cc1. The van der Waals surface area contributed by atoms with Crippen molar-refractivity contribution in [3.05, 3.63) is 64.9 Å². The molecule has 1 saturated heterocycles. The quantitative estimate of drug-likeness (QED) is 0.242. The first-order valence-electron chi connectivity index (χ1n) is 13.1. The van der Waals surface area contributed by atoms with Gasteiger partial charge in [0.05, 0.1) is 5.71 Å². The second-order valence-electron chi connectivity index (χ2n) is 9.19. The standard InChI is InChI=1S/C16H24ClNO.C13H18N2O/c1-4-7-13(8-5-2)16(18-19-6-3)14-9-11-15(17)12-10-14;1-11(16)13-4-8-15(9-5-13)10-12-2-6-14-7-3-12/h9-13H,4-8H2,1-3H3;2-3,6-7,13H,4-5,8-10H2,1H3/b18-16-;. The Morgan fingerprint density at radius 2 is 1.66 bits per heavy atom. The van der Waals surface area contributed by atoms with Gasteiger partial charge in [-0.25, -0.2) is 0 Å². The lowest BCUT2D eigenvalue weighted by atomic mass is 9.89. The van der Waals surface area contributed by atoms with Gasteiger partial charge in [-0.15, -0.1) is 0 Å². The number of pyridine rings is 1. The molecule has 0 atom stereocenters. The molecule has 1 aliphatic rings. The molecule has 1 fully saturated rings. The van der Waals surface area contributed by atoms with Crippen molar-refractivity contribution < 1.29 is 9.63 Å². The second kappa shape index (κ2) is 16.4. The van der Waals surface area contributed by atoms with Crippen LogP contribution in [0, 0.1) is 11.8 Å². The minimum absolute atomic E-state index is 0.300. The Morgan fingerprint density at radius 1 is 1.06 bits per heavy atom. The van der Waals surface area contributed by atoms with Crippen LogP contribution in [0.4, 0.5) is 0 Å². The van der Waals surface area contributed by atoms with E-state index in [2.05, 4.69) is 41.0 Å². The van der Waals surface area contributed by atoms with E-state index in [0.29, 0.717) is 24.2 Å². The average molecular weight is 500 g/mol. The molecule has 0 radical (unpaired) electrons. The van der Waals surface area contributed by atoms with Gasteiger partial charge >= 0.3 is 0 Å². The molecule has 1 aromatic heterocycles. The van der Waals surface area contributed by atoms with Gasteiger partial charge in [-0.2, -0.15) is 0 Å². The fourth-order valence-corrected chi connectivity index (χ4v) is 4.60. The largest absolute Gasteiger partial charge is 0.396 e. The van der Waals surface area contributed by atoms with Gasteiger partial charge in [-0.3, -0.25) is 14.7 Å². The third-order valence-corrected chi connectivity index (χ3v) is 6.66. The summed E-state index contributed by atoms with van der Waals surface area (Å²) in [6, 6.07) is 12.0. The number of carbonyl (C=O) groups is 1. The Balaban J connectivity index is 0.000000250. The van der Waals surface area contributed by atoms with E-state index < -0.39 is 0 Å².